The number of benzene rings is 4. The molecule has 0 saturated heterocycles. The SMILES string of the molecule is Brc1ccc(C(Cc2ccccc2)(c2c(Br)c(Br)c(Br)c(Br)c2Br)c2c(Br)c(Br)c(Br)c(Br)c2Br)cc1. The zero-order valence-electron chi connectivity index (χ0n) is 18.1. The third kappa shape index (κ3) is 6.00. The molecular weight excluding hydrogens is 1190 g/mol. The van der Waals surface area contributed by atoms with Gasteiger partial charge in [-0.2, -0.15) is 0 Å². The molecule has 0 nitrogen and oxygen atoms in total. The highest BCUT2D eigenvalue weighted by atomic mass is 79.9. The van der Waals surface area contributed by atoms with Crippen molar-refractivity contribution < 1.29 is 0 Å². The fourth-order valence-electron chi connectivity index (χ4n) is 4.29. The summed E-state index contributed by atoms with van der Waals surface area (Å²) in [5.74, 6) is 0. The Labute approximate surface area is 308 Å². The molecule has 0 fully saturated rings. The second-order valence-corrected chi connectivity index (χ2v) is 16.8. The first-order valence-electron chi connectivity index (χ1n) is 10.3. The van der Waals surface area contributed by atoms with E-state index in [0.717, 1.165) is 65.9 Å². The van der Waals surface area contributed by atoms with Gasteiger partial charge >= 0.3 is 0 Å². The molecule has 0 aliphatic carbocycles. The average molecular weight is 1200 g/mol. The Hall–Kier alpha value is 2.16. The Bertz CT molecular complexity index is 1370. The van der Waals surface area contributed by atoms with Crippen LogP contribution >= 0.6 is 175 Å². The quantitative estimate of drug-likeness (QED) is 0.106. The maximum Gasteiger partial charge on any atom is 0.0537 e. The van der Waals surface area contributed by atoms with E-state index < -0.39 is 5.41 Å². The minimum absolute atomic E-state index is 0.672. The lowest BCUT2D eigenvalue weighted by atomic mass is 9.66. The topological polar surface area (TPSA) is 0 Å². The number of halogens is 11. The Morgan fingerprint density at radius 1 is 0.405 bits per heavy atom. The van der Waals surface area contributed by atoms with E-state index in [2.05, 4.69) is 224 Å². The molecule has 37 heavy (non-hydrogen) atoms. The molecule has 0 atom stereocenters. The van der Waals surface area contributed by atoms with Crippen LogP contribution in [0.25, 0.3) is 0 Å². The smallest absolute Gasteiger partial charge is 0.0537 e. The Kier molecular flexibility index (Phi) is 11.5. The van der Waals surface area contributed by atoms with Gasteiger partial charge in [0.1, 0.15) is 0 Å². The summed E-state index contributed by atoms with van der Waals surface area (Å²) in [6, 6.07) is 19.1. The van der Waals surface area contributed by atoms with Gasteiger partial charge in [0.15, 0.2) is 0 Å². The minimum Gasteiger partial charge on any atom is -0.0622 e. The first-order valence-corrected chi connectivity index (χ1v) is 19.0. The molecule has 0 aromatic heterocycles. The number of hydrogen-bond acceptors (Lipinski definition) is 0. The first-order chi connectivity index (χ1) is 17.4. The van der Waals surface area contributed by atoms with Crippen molar-refractivity contribution in [3.63, 3.8) is 0 Å². The second kappa shape index (κ2) is 13.2. The van der Waals surface area contributed by atoms with Crippen molar-refractivity contribution in [2.24, 2.45) is 0 Å². The predicted octanol–water partition coefficient (Wildman–Crippen LogP) is 14.7. The monoisotopic (exact) mass is 1190 g/mol. The van der Waals surface area contributed by atoms with Gasteiger partial charge in [0.25, 0.3) is 0 Å². The molecule has 0 saturated carbocycles. The molecule has 192 valence electrons. The van der Waals surface area contributed by atoms with Crippen LogP contribution in [0.1, 0.15) is 22.3 Å². The van der Waals surface area contributed by atoms with Crippen molar-refractivity contribution in [3.8, 4) is 0 Å². The fraction of sp³-hybridized carbons (Fsp3) is 0.0769. The molecule has 4 aromatic rings. The minimum atomic E-state index is -0.686. The summed E-state index contributed by atoms with van der Waals surface area (Å²) in [5.41, 5.74) is 3.73. The molecule has 0 aliphatic heterocycles. The summed E-state index contributed by atoms with van der Waals surface area (Å²) in [6.07, 6.45) is 0.672. The van der Waals surface area contributed by atoms with Crippen molar-refractivity contribution in [2.75, 3.05) is 0 Å². The molecule has 11 heteroatoms. The molecule has 0 heterocycles. The molecule has 0 spiro atoms. The highest BCUT2D eigenvalue weighted by Crippen LogP contribution is 2.58. The second-order valence-electron chi connectivity index (χ2n) is 7.96. The summed E-state index contributed by atoms with van der Waals surface area (Å²) >= 11 is 42.3. The molecule has 0 radical (unpaired) electrons. The van der Waals surface area contributed by atoms with Crippen molar-refractivity contribution in [2.45, 2.75) is 11.8 Å². The maximum atomic E-state index is 3.97. The predicted molar refractivity (Wildman–Crippen MR) is 194 cm³/mol. The summed E-state index contributed by atoms with van der Waals surface area (Å²) in [7, 11) is 0. The van der Waals surface area contributed by atoms with Crippen LogP contribution in [0.5, 0.6) is 0 Å². The highest BCUT2D eigenvalue weighted by Gasteiger charge is 2.45. The van der Waals surface area contributed by atoms with Gasteiger partial charge < -0.3 is 0 Å². The molecular formula is C26H11Br11. The van der Waals surface area contributed by atoms with E-state index in [0.29, 0.717) is 6.42 Å². The Balaban J connectivity index is 2.32. The summed E-state index contributed by atoms with van der Waals surface area (Å²) < 4.78 is 10.2. The molecule has 0 N–H and O–H groups in total. The zero-order valence-corrected chi connectivity index (χ0v) is 35.5. The third-order valence-electron chi connectivity index (χ3n) is 5.92. The fourth-order valence-corrected chi connectivity index (χ4v) is 12.0. The van der Waals surface area contributed by atoms with E-state index in [9.17, 15) is 0 Å². The summed E-state index contributed by atoms with van der Waals surface area (Å²) in [4.78, 5) is 0. The van der Waals surface area contributed by atoms with Crippen LogP contribution in [0.3, 0.4) is 0 Å². The van der Waals surface area contributed by atoms with Crippen molar-refractivity contribution in [3.05, 3.63) is 126 Å². The largest absolute Gasteiger partial charge is 0.0622 e. The van der Waals surface area contributed by atoms with Crippen LogP contribution in [-0.4, -0.2) is 0 Å². The van der Waals surface area contributed by atoms with Crippen molar-refractivity contribution >= 4 is 175 Å². The molecule has 0 aliphatic rings. The first kappa shape index (κ1) is 32.1. The van der Waals surface area contributed by atoms with Gasteiger partial charge in [-0.1, -0.05) is 58.4 Å². The van der Waals surface area contributed by atoms with E-state index in [1.165, 1.54) is 5.56 Å². The normalized spacial score (nSPS) is 11.8. The standard InChI is InChI=1S/C26H11Br11/c27-13-8-6-12(7-9-13)26(10-11-4-2-1-3-5-11,14-16(28)20(32)24(36)21(33)17(14)29)15-18(30)22(34)25(37)23(35)19(15)31/h1-9H,10H2. The van der Waals surface area contributed by atoms with E-state index in [4.69, 9.17) is 0 Å². The van der Waals surface area contributed by atoms with Crippen LogP contribution in [0.2, 0.25) is 0 Å². The van der Waals surface area contributed by atoms with Crippen LogP contribution in [-0.2, 0) is 11.8 Å². The van der Waals surface area contributed by atoms with Gasteiger partial charge in [-0.3, -0.25) is 0 Å². The Morgan fingerprint density at radius 3 is 1.14 bits per heavy atom. The van der Waals surface area contributed by atoms with Crippen LogP contribution in [0.15, 0.2) is 104 Å². The van der Waals surface area contributed by atoms with E-state index in [1.807, 2.05) is 6.07 Å². The van der Waals surface area contributed by atoms with E-state index in [1.54, 1.807) is 0 Å². The lowest BCUT2D eigenvalue weighted by Gasteiger charge is -2.40. The lowest BCUT2D eigenvalue weighted by Crippen LogP contribution is -2.34. The van der Waals surface area contributed by atoms with E-state index >= 15 is 0 Å². The number of rotatable bonds is 5. The van der Waals surface area contributed by atoms with Crippen LogP contribution < -0.4 is 0 Å². The van der Waals surface area contributed by atoms with Crippen LogP contribution in [0.4, 0.5) is 0 Å². The summed E-state index contributed by atoms with van der Waals surface area (Å²) in [5, 5.41) is 0. The molecule has 0 unspecified atom stereocenters. The summed E-state index contributed by atoms with van der Waals surface area (Å²) in [6.45, 7) is 0. The van der Waals surface area contributed by atoms with Gasteiger partial charge in [-0.15, -0.1) is 0 Å². The number of hydrogen-bond donors (Lipinski definition) is 0. The molecule has 4 aromatic carbocycles. The van der Waals surface area contributed by atoms with Crippen molar-refractivity contribution in [1.29, 1.82) is 0 Å². The zero-order chi connectivity index (χ0) is 27.2. The van der Waals surface area contributed by atoms with E-state index in [-0.39, 0.29) is 0 Å². The van der Waals surface area contributed by atoms with Gasteiger partial charge in [0.05, 0.1) is 5.41 Å². The highest BCUT2D eigenvalue weighted by molar-refractivity contribution is 9.16. The molecule has 0 amide bonds. The van der Waals surface area contributed by atoms with Crippen molar-refractivity contribution in [1.82, 2.24) is 0 Å². The average Bonchev–Trinajstić information content (AvgIpc) is 2.89. The third-order valence-corrected chi connectivity index (χ3v) is 18.6. The van der Waals surface area contributed by atoms with Crippen LogP contribution in [0, 0.1) is 0 Å². The molecule has 4 rings (SSSR count). The molecule has 0 bridgehead atoms. The van der Waals surface area contributed by atoms with Gasteiger partial charge in [-0.05, 0) is 200 Å². The van der Waals surface area contributed by atoms with Gasteiger partial charge in [0, 0.05) is 49.2 Å². The van der Waals surface area contributed by atoms with Gasteiger partial charge in [-0.25, -0.2) is 0 Å². The lowest BCUT2D eigenvalue weighted by molar-refractivity contribution is 0.598. The maximum absolute atomic E-state index is 3.97. The Morgan fingerprint density at radius 2 is 0.757 bits per heavy atom. The van der Waals surface area contributed by atoms with Gasteiger partial charge in [0.2, 0.25) is 0 Å².